The highest BCUT2D eigenvalue weighted by atomic mass is 19.4. The molecule has 0 saturated heterocycles. The molecule has 0 amide bonds. The molecule has 1 saturated carbocycles. The van der Waals surface area contributed by atoms with Gasteiger partial charge in [0.2, 0.25) is 0 Å². The molecule has 2 aromatic rings. The fourth-order valence-electron chi connectivity index (χ4n) is 3.97. The van der Waals surface area contributed by atoms with E-state index < -0.39 is 11.7 Å². The van der Waals surface area contributed by atoms with Crippen molar-refractivity contribution in [2.45, 2.75) is 64.6 Å². The van der Waals surface area contributed by atoms with Gasteiger partial charge in [0.05, 0.1) is 17.8 Å². The number of aromatic nitrogens is 2. The van der Waals surface area contributed by atoms with Gasteiger partial charge in [-0.2, -0.15) is 18.3 Å². The van der Waals surface area contributed by atoms with Gasteiger partial charge in [-0.15, -0.1) is 0 Å². The Labute approximate surface area is 182 Å². The fourth-order valence-corrected chi connectivity index (χ4v) is 3.97. The van der Waals surface area contributed by atoms with Crippen molar-refractivity contribution in [3.05, 3.63) is 52.3 Å². The van der Waals surface area contributed by atoms with Gasteiger partial charge in [-0.05, 0) is 64.2 Å². The van der Waals surface area contributed by atoms with Crippen LogP contribution in [0.3, 0.4) is 0 Å². The van der Waals surface area contributed by atoms with Crippen LogP contribution in [0, 0.1) is 13.8 Å². The number of aliphatic imine (C=N–C) groups is 1. The van der Waals surface area contributed by atoms with Crippen molar-refractivity contribution in [2.75, 3.05) is 13.1 Å². The number of guanidine groups is 1. The second kappa shape index (κ2) is 8.93. The van der Waals surface area contributed by atoms with Gasteiger partial charge in [-0.3, -0.25) is 9.67 Å². The number of nitrogens with zero attached hydrogens (tertiary/aromatic N) is 3. The predicted octanol–water partition coefficient (Wildman–Crippen LogP) is 4.27. The van der Waals surface area contributed by atoms with Crippen molar-refractivity contribution >= 4 is 5.96 Å². The Hall–Kier alpha value is -2.51. The minimum Gasteiger partial charge on any atom is -0.357 e. The molecule has 2 N–H and O–H groups in total. The summed E-state index contributed by atoms with van der Waals surface area (Å²) in [6, 6.07) is 5.81. The summed E-state index contributed by atoms with van der Waals surface area (Å²) >= 11 is 0. The van der Waals surface area contributed by atoms with Crippen molar-refractivity contribution in [1.29, 1.82) is 0 Å². The minimum absolute atomic E-state index is 0.128. The number of hydrogen-bond acceptors (Lipinski definition) is 2. The lowest BCUT2D eigenvalue weighted by Crippen LogP contribution is -2.43. The zero-order valence-electron chi connectivity index (χ0n) is 18.9. The molecule has 1 atom stereocenters. The molecule has 5 nitrogen and oxygen atoms in total. The van der Waals surface area contributed by atoms with E-state index in [0.717, 1.165) is 42.3 Å². The Morgan fingerprint density at radius 2 is 2.00 bits per heavy atom. The highest BCUT2D eigenvalue weighted by molar-refractivity contribution is 5.80. The van der Waals surface area contributed by atoms with Crippen LogP contribution in [0.4, 0.5) is 13.2 Å². The molecule has 1 aromatic carbocycles. The Morgan fingerprint density at radius 3 is 2.55 bits per heavy atom. The first-order valence-corrected chi connectivity index (χ1v) is 10.8. The van der Waals surface area contributed by atoms with E-state index in [4.69, 9.17) is 4.99 Å². The lowest BCUT2D eigenvalue weighted by molar-refractivity contribution is -0.137. The maximum absolute atomic E-state index is 13.1. The SMILES string of the molecule is CCNC(=NCC1(c2cccc(C(F)(F)F)c2)CC1)NC(C)Cc1c(C)nn(C)c1C. The third kappa shape index (κ3) is 5.40. The summed E-state index contributed by atoms with van der Waals surface area (Å²) < 4.78 is 41.2. The topological polar surface area (TPSA) is 54.2 Å². The first-order chi connectivity index (χ1) is 14.6. The molecule has 8 heteroatoms. The summed E-state index contributed by atoms with van der Waals surface area (Å²) in [6.45, 7) is 9.34. The highest BCUT2D eigenvalue weighted by Crippen LogP contribution is 2.49. The molecule has 0 bridgehead atoms. The van der Waals surface area contributed by atoms with E-state index in [0.29, 0.717) is 19.0 Å². The van der Waals surface area contributed by atoms with Crippen LogP contribution in [0.5, 0.6) is 0 Å². The molecule has 170 valence electrons. The van der Waals surface area contributed by atoms with Gasteiger partial charge in [0.15, 0.2) is 5.96 Å². The highest BCUT2D eigenvalue weighted by Gasteiger charge is 2.45. The Kier molecular flexibility index (Phi) is 6.67. The number of alkyl halides is 3. The number of benzene rings is 1. The lowest BCUT2D eigenvalue weighted by Gasteiger charge is -2.20. The maximum Gasteiger partial charge on any atom is 0.416 e. The van der Waals surface area contributed by atoms with E-state index in [1.165, 1.54) is 17.7 Å². The summed E-state index contributed by atoms with van der Waals surface area (Å²) in [4.78, 5) is 4.74. The molecule has 3 rings (SSSR count). The quantitative estimate of drug-likeness (QED) is 0.504. The van der Waals surface area contributed by atoms with E-state index >= 15 is 0 Å². The summed E-state index contributed by atoms with van der Waals surface area (Å²) in [5.41, 5.74) is 3.22. The molecule has 1 heterocycles. The minimum atomic E-state index is -4.33. The molecule has 0 aliphatic heterocycles. The smallest absolute Gasteiger partial charge is 0.357 e. The molecular weight excluding hydrogens is 403 g/mol. The molecule has 1 fully saturated rings. The first kappa shape index (κ1) is 23.2. The molecule has 1 unspecified atom stereocenters. The number of halogens is 3. The van der Waals surface area contributed by atoms with Gasteiger partial charge >= 0.3 is 6.18 Å². The number of nitrogens with one attached hydrogen (secondary N) is 2. The van der Waals surface area contributed by atoms with Gasteiger partial charge in [-0.25, -0.2) is 0 Å². The van der Waals surface area contributed by atoms with Crippen LogP contribution < -0.4 is 10.6 Å². The Morgan fingerprint density at radius 1 is 1.29 bits per heavy atom. The zero-order chi connectivity index (χ0) is 22.8. The van der Waals surface area contributed by atoms with Crippen molar-refractivity contribution in [3.63, 3.8) is 0 Å². The number of hydrogen-bond donors (Lipinski definition) is 2. The average Bonchev–Trinajstić information content (AvgIpc) is 3.46. The predicted molar refractivity (Wildman–Crippen MR) is 117 cm³/mol. The second-order valence-corrected chi connectivity index (χ2v) is 8.58. The van der Waals surface area contributed by atoms with E-state index in [1.54, 1.807) is 6.07 Å². The monoisotopic (exact) mass is 435 g/mol. The van der Waals surface area contributed by atoms with Crippen molar-refractivity contribution in [1.82, 2.24) is 20.4 Å². The molecular formula is C23H32F3N5. The van der Waals surface area contributed by atoms with Gasteiger partial charge < -0.3 is 10.6 Å². The Bertz CT molecular complexity index is 941. The van der Waals surface area contributed by atoms with E-state index in [9.17, 15) is 13.2 Å². The van der Waals surface area contributed by atoms with Crippen molar-refractivity contribution in [3.8, 4) is 0 Å². The molecule has 0 radical (unpaired) electrons. The lowest BCUT2D eigenvalue weighted by atomic mass is 9.94. The normalized spacial score (nSPS) is 16.8. The van der Waals surface area contributed by atoms with E-state index in [-0.39, 0.29) is 11.5 Å². The largest absolute Gasteiger partial charge is 0.416 e. The molecule has 1 aliphatic rings. The molecule has 1 aliphatic carbocycles. The van der Waals surface area contributed by atoms with Gasteiger partial charge in [0.1, 0.15) is 0 Å². The van der Waals surface area contributed by atoms with Gasteiger partial charge in [0.25, 0.3) is 0 Å². The molecule has 0 spiro atoms. The van der Waals surface area contributed by atoms with Crippen LogP contribution in [0.25, 0.3) is 0 Å². The van der Waals surface area contributed by atoms with Crippen LogP contribution in [0.15, 0.2) is 29.3 Å². The van der Waals surface area contributed by atoms with Crippen LogP contribution in [0.1, 0.15) is 54.8 Å². The van der Waals surface area contributed by atoms with Gasteiger partial charge in [-0.1, -0.05) is 18.2 Å². The van der Waals surface area contributed by atoms with Crippen LogP contribution >= 0.6 is 0 Å². The van der Waals surface area contributed by atoms with Crippen LogP contribution in [-0.4, -0.2) is 34.9 Å². The van der Waals surface area contributed by atoms with Crippen LogP contribution in [0.2, 0.25) is 0 Å². The van der Waals surface area contributed by atoms with E-state index in [2.05, 4.69) is 29.6 Å². The van der Waals surface area contributed by atoms with Crippen molar-refractivity contribution in [2.24, 2.45) is 12.0 Å². The average molecular weight is 436 g/mol. The summed E-state index contributed by atoms with van der Waals surface area (Å²) in [5, 5.41) is 11.2. The van der Waals surface area contributed by atoms with Crippen molar-refractivity contribution < 1.29 is 13.2 Å². The third-order valence-electron chi connectivity index (χ3n) is 6.09. The van der Waals surface area contributed by atoms with Crippen LogP contribution in [-0.2, 0) is 25.1 Å². The zero-order valence-corrected chi connectivity index (χ0v) is 18.9. The number of aryl methyl sites for hydroxylation is 2. The fraction of sp³-hybridized carbons (Fsp3) is 0.565. The summed E-state index contributed by atoms with van der Waals surface area (Å²) in [6.07, 6.45) is -1.82. The van der Waals surface area contributed by atoms with Gasteiger partial charge in [0, 0.05) is 30.7 Å². The second-order valence-electron chi connectivity index (χ2n) is 8.58. The summed E-state index contributed by atoms with van der Waals surface area (Å²) in [5.74, 6) is 0.687. The first-order valence-electron chi connectivity index (χ1n) is 10.8. The Balaban J connectivity index is 1.71. The standard InChI is InChI=1S/C23H32F3N5/c1-6-27-21(29-15(2)12-20-16(3)30-31(5)17(20)4)28-14-22(10-11-22)18-8-7-9-19(13-18)23(24,25)26/h7-9,13,15H,6,10-12,14H2,1-5H3,(H2,27,28,29). The summed E-state index contributed by atoms with van der Waals surface area (Å²) in [7, 11) is 1.94. The number of rotatable bonds is 7. The van der Waals surface area contributed by atoms with E-state index in [1.807, 2.05) is 25.6 Å². The maximum atomic E-state index is 13.1. The molecule has 1 aromatic heterocycles. The third-order valence-corrected chi connectivity index (χ3v) is 6.09. The molecule has 31 heavy (non-hydrogen) atoms.